The SMILES string of the molecule is CC(=O)OC(C)(C)c1cc(F)c2ccccc2c1. The summed E-state index contributed by atoms with van der Waals surface area (Å²) in [6, 6.07) is 10.5. The highest BCUT2D eigenvalue weighted by Gasteiger charge is 2.25. The van der Waals surface area contributed by atoms with Crippen molar-refractivity contribution in [2.45, 2.75) is 26.4 Å². The van der Waals surface area contributed by atoms with E-state index in [4.69, 9.17) is 4.74 Å². The highest BCUT2D eigenvalue weighted by atomic mass is 19.1. The molecule has 2 nitrogen and oxygen atoms in total. The van der Waals surface area contributed by atoms with Crippen molar-refractivity contribution in [2.75, 3.05) is 0 Å². The fourth-order valence-electron chi connectivity index (χ4n) is 2.03. The van der Waals surface area contributed by atoms with Crippen LogP contribution >= 0.6 is 0 Å². The van der Waals surface area contributed by atoms with Gasteiger partial charge in [-0.1, -0.05) is 24.3 Å². The van der Waals surface area contributed by atoms with Crippen molar-refractivity contribution in [1.82, 2.24) is 0 Å². The van der Waals surface area contributed by atoms with E-state index in [1.807, 2.05) is 18.2 Å². The van der Waals surface area contributed by atoms with Crippen molar-refractivity contribution in [3.8, 4) is 0 Å². The Kier molecular flexibility index (Phi) is 3.07. The average molecular weight is 246 g/mol. The lowest BCUT2D eigenvalue weighted by atomic mass is 9.95. The molecule has 18 heavy (non-hydrogen) atoms. The summed E-state index contributed by atoms with van der Waals surface area (Å²) in [5.41, 5.74) is -0.189. The van der Waals surface area contributed by atoms with Gasteiger partial charge in [-0.05, 0) is 36.9 Å². The van der Waals surface area contributed by atoms with Crippen molar-refractivity contribution in [2.24, 2.45) is 0 Å². The summed E-state index contributed by atoms with van der Waals surface area (Å²) < 4.78 is 19.2. The first-order valence-electron chi connectivity index (χ1n) is 5.78. The number of carbonyl (C=O) groups excluding carboxylic acids is 1. The zero-order valence-corrected chi connectivity index (χ0v) is 10.7. The molecule has 2 aromatic rings. The van der Waals surface area contributed by atoms with Crippen molar-refractivity contribution < 1.29 is 13.9 Å². The Morgan fingerprint density at radius 2 is 1.89 bits per heavy atom. The fourth-order valence-corrected chi connectivity index (χ4v) is 2.03. The van der Waals surface area contributed by atoms with Crippen LogP contribution < -0.4 is 0 Å². The van der Waals surface area contributed by atoms with E-state index in [1.54, 1.807) is 26.0 Å². The third-order valence-electron chi connectivity index (χ3n) is 2.91. The second kappa shape index (κ2) is 4.41. The molecule has 3 heteroatoms. The molecule has 0 aliphatic carbocycles. The summed E-state index contributed by atoms with van der Waals surface area (Å²) >= 11 is 0. The van der Waals surface area contributed by atoms with Gasteiger partial charge in [-0.3, -0.25) is 4.79 Å². The highest BCUT2D eigenvalue weighted by molar-refractivity contribution is 5.84. The topological polar surface area (TPSA) is 26.3 Å². The minimum atomic E-state index is -0.837. The third-order valence-corrected chi connectivity index (χ3v) is 2.91. The molecule has 2 aromatic carbocycles. The van der Waals surface area contributed by atoms with Crippen molar-refractivity contribution in [3.05, 3.63) is 47.8 Å². The van der Waals surface area contributed by atoms with Crippen LogP contribution in [0.4, 0.5) is 4.39 Å². The molecule has 0 saturated carbocycles. The van der Waals surface area contributed by atoms with Crippen molar-refractivity contribution in [1.29, 1.82) is 0 Å². The largest absolute Gasteiger partial charge is 0.455 e. The molecule has 0 spiro atoms. The van der Waals surface area contributed by atoms with E-state index in [0.717, 1.165) is 5.39 Å². The Labute approximate surface area is 105 Å². The van der Waals surface area contributed by atoms with Crippen LogP contribution in [0.2, 0.25) is 0 Å². The average Bonchev–Trinajstić information content (AvgIpc) is 2.27. The molecule has 0 fully saturated rings. The number of hydrogen-bond donors (Lipinski definition) is 0. The van der Waals surface area contributed by atoms with E-state index >= 15 is 0 Å². The van der Waals surface area contributed by atoms with E-state index < -0.39 is 5.60 Å². The monoisotopic (exact) mass is 246 g/mol. The molecule has 0 aliphatic heterocycles. The van der Waals surface area contributed by atoms with Crippen LogP contribution in [-0.2, 0) is 15.1 Å². The molecule has 0 atom stereocenters. The van der Waals surface area contributed by atoms with Gasteiger partial charge in [0, 0.05) is 12.3 Å². The van der Waals surface area contributed by atoms with Gasteiger partial charge in [0.1, 0.15) is 11.4 Å². The first-order chi connectivity index (χ1) is 8.40. The van der Waals surface area contributed by atoms with Gasteiger partial charge in [0.25, 0.3) is 0 Å². The predicted molar refractivity (Wildman–Crippen MR) is 68.7 cm³/mol. The number of rotatable bonds is 2. The molecule has 0 heterocycles. The zero-order valence-electron chi connectivity index (χ0n) is 10.7. The van der Waals surface area contributed by atoms with Crippen LogP contribution in [0.15, 0.2) is 36.4 Å². The van der Waals surface area contributed by atoms with E-state index in [0.29, 0.717) is 10.9 Å². The predicted octanol–water partition coefficient (Wildman–Crippen LogP) is 3.78. The molecular formula is C15H15FO2. The van der Waals surface area contributed by atoms with Crippen LogP contribution in [0.25, 0.3) is 10.8 Å². The molecule has 0 bridgehead atoms. The van der Waals surface area contributed by atoms with Crippen LogP contribution in [0.5, 0.6) is 0 Å². The first kappa shape index (κ1) is 12.6. The maximum absolute atomic E-state index is 14.0. The Balaban J connectivity index is 2.55. The van der Waals surface area contributed by atoms with Crippen LogP contribution in [-0.4, -0.2) is 5.97 Å². The highest BCUT2D eigenvalue weighted by Crippen LogP contribution is 2.29. The smallest absolute Gasteiger partial charge is 0.303 e. The summed E-state index contributed by atoms with van der Waals surface area (Å²) in [7, 11) is 0. The zero-order chi connectivity index (χ0) is 13.3. The van der Waals surface area contributed by atoms with Gasteiger partial charge in [0.05, 0.1) is 0 Å². The molecular weight excluding hydrogens is 231 g/mol. The maximum Gasteiger partial charge on any atom is 0.303 e. The standard InChI is InChI=1S/C15H15FO2/c1-10(17)18-15(2,3)12-8-11-6-4-5-7-13(11)14(16)9-12/h4-9H,1-3H3. The lowest BCUT2D eigenvalue weighted by molar-refractivity contribution is -0.154. The number of benzene rings is 2. The summed E-state index contributed by atoms with van der Waals surface area (Å²) in [6.45, 7) is 4.84. The van der Waals surface area contributed by atoms with E-state index in [1.165, 1.54) is 13.0 Å². The lowest BCUT2D eigenvalue weighted by Gasteiger charge is -2.25. The van der Waals surface area contributed by atoms with E-state index in [2.05, 4.69) is 0 Å². The molecule has 0 aliphatic rings. The number of hydrogen-bond acceptors (Lipinski definition) is 2. The Morgan fingerprint density at radius 3 is 2.56 bits per heavy atom. The summed E-state index contributed by atoms with van der Waals surface area (Å²) in [5, 5.41) is 1.37. The maximum atomic E-state index is 14.0. The first-order valence-corrected chi connectivity index (χ1v) is 5.78. The Bertz CT molecular complexity index is 602. The minimum Gasteiger partial charge on any atom is -0.455 e. The van der Waals surface area contributed by atoms with Crippen LogP contribution in [0, 0.1) is 5.82 Å². The molecule has 0 saturated heterocycles. The molecule has 2 rings (SSSR count). The van der Waals surface area contributed by atoms with Crippen LogP contribution in [0.3, 0.4) is 0 Å². The second-order valence-electron chi connectivity index (χ2n) is 4.78. The number of ether oxygens (including phenoxy) is 1. The molecule has 0 aromatic heterocycles. The van der Waals surface area contributed by atoms with Gasteiger partial charge >= 0.3 is 5.97 Å². The molecule has 0 N–H and O–H groups in total. The van der Waals surface area contributed by atoms with E-state index in [-0.39, 0.29) is 11.8 Å². The summed E-state index contributed by atoms with van der Waals surface area (Å²) in [5.74, 6) is -0.683. The van der Waals surface area contributed by atoms with Gasteiger partial charge in [-0.15, -0.1) is 0 Å². The minimum absolute atomic E-state index is 0.302. The number of halogens is 1. The second-order valence-corrected chi connectivity index (χ2v) is 4.78. The number of esters is 1. The van der Waals surface area contributed by atoms with E-state index in [9.17, 15) is 9.18 Å². The number of fused-ring (bicyclic) bond motifs is 1. The van der Waals surface area contributed by atoms with Gasteiger partial charge in [-0.25, -0.2) is 4.39 Å². The Hall–Kier alpha value is -1.90. The fraction of sp³-hybridized carbons (Fsp3) is 0.267. The van der Waals surface area contributed by atoms with Gasteiger partial charge in [0.2, 0.25) is 0 Å². The third kappa shape index (κ3) is 2.35. The van der Waals surface area contributed by atoms with Crippen molar-refractivity contribution >= 4 is 16.7 Å². The van der Waals surface area contributed by atoms with Gasteiger partial charge < -0.3 is 4.74 Å². The van der Waals surface area contributed by atoms with Crippen LogP contribution in [0.1, 0.15) is 26.3 Å². The molecule has 0 amide bonds. The molecule has 0 unspecified atom stereocenters. The molecule has 0 radical (unpaired) electrons. The Morgan fingerprint density at radius 1 is 1.22 bits per heavy atom. The number of carbonyl (C=O) groups is 1. The quantitative estimate of drug-likeness (QED) is 0.754. The summed E-state index contributed by atoms with van der Waals surface area (Å²) in [6.07, 6.45) is 0. The summed E-state index contributed by atoms with van der Waals surface area (Å²) in [4.78, 5) is 11.1. The lowest BCUT2D eigenvalue weighted by Crippen LogP contribution is -2.24. The van der Waals surface area contributed by atoms with Gasteiger partial charge in [-0.2, -0.15) is 0 Å². The normalized spacial score (nSPS) is 11.6. The van der Waals surface area contributed by atoms with Gasteiger partial charge in [0.15, 0.2) is 0 Å². The van der Waals surface area contributed by atoms with Crippen molar-refractivity contribution in [3.63, 3.8) is 0 Å². The molecule has 94 valence electrons.